The number of aromatic nitrogens is 1. The summed E-state index contributed by atoms with van der Waals surface area (Å²) in [4.78, 5) is 34.6. The van der Waals surface area contributed by atoms with Gasteiger partial charge in [0.1, 0.15) is 12.4 Å². The summed E-state index contributed by atoms with van der Waals surface area (Å²) in [5.74, 6) is -2.50. The van der Waals surface area contributed by atoms with Crippen molar-refractivity contribution >= 4 is 17.9 Å². The second-order valence-electron chi connectivity index (χ2n) is 9.63. The first-order chi connectivity index (χ1) is 20.1. The van der Waals surface area contributed by atoms with E-state index < -0.39 is 36.4 Å². The van der Waals surface area contributed by atoms with E-state index in [0.29, 0.717) is 19.8 Å². The Morgan fingerprint density at radius 3 is 2.29 bits per heavy atom. The van der Waals surface area contributed by atoms with Crippen molar-refractivity contribution in [3.63, 3.8) is 0 Å². The smallest absolute Gasteiger partial charge is 0.336 e. The van der Waals surface area contributed by atoms with Crippen molar-refractivity contribution in [1.82, 2.24) is 10.3 Å². The molecule has 12 nitrogen and oxygen atoms in total. The molecule has 4 rings (SSSR count). The van der Waals surface area contributed by atoms with Crippen LogP contribution in [0.1, 0.15) is 48.9 Å². The number of carbonyl (C=O) groups is 3. The predicted octanol–water partition coefficient (Wildman–Crippen LogP) is 3.42. The number of nitrogens with one attached hydrogen (secondary N) is 1. The molecule has 12 heteroatoms. The van der Waals surface area contributed by atoms with Gasteiger partial charge in [-0.15, -0.1) is 0 Å². The highest BCUT2D eigenvalue weighted by atomic mass is 16.5. The molecule has 1 atom stereocenters. The predicted molar refractivity (Wildman–Crippen MR) is 149 cm³/mol. The molecule has 5 N–H and O–H groups in total. The lowest BCUT2D eigenvalue weighted by atomic mass is 9.96. The number of benzene rings is 2. The Balaban J connectivity index is 0.000000316. The Bertz CT molecular complexity index is 1330. The van der Waals surface area contributed by atoms with Crippen molar-refractivity contribution in [1.29, 1.82) is 0 Å². The summed E-state index contributed by atoms with van der Waals surface area (Å²) in [6, 6.07) is 18.5. The van der Waals surface area contributed by atoms with Crippen molar-refractivity contribution in [2.24, 2.45) is 0 Å². The molecule has 1 unspecified atom stereocenters. The molecule has 0 fully saturated rings. The van der Waals surface area contributed by atoms with E-state index in [2.05, 4.69) is 41.5 Å². The summed E-state index contributed by atoms with van der Waals surface area (Å²) >= 11 is 0. The largest absolute Gasteiger partial charge is 0.490 e. The van der Waals surface area contributed by atoms with Gasteiger partial charge in [0.15, 0.2) is 17.1 Å². The van der Waals surface area contributed by atoms with Crippen LogP contribution in [0.15, 0.2) is 67.0 Å². The number of carboxylic acid groups (broad SMARTS) is 3. The maximum Gasteiger partial charge on any atom is 0.336 e. The van der Waals surface area contributed by atoms with E-state index in [1.165, 1.54) is 11.1 Å². The van der Waals surface area contributed by atoms with Crippen LogP contribution < -0.4 is 19.5 Å². The standard InChI is InChI=1S/C24H26N2O3.C6H8O7/c1-18(21-8-9-23-24(14-21)28-12-4-11-27-23)26-16-19-5-2-7-22(13-19)29-17-20-6-3-10-25-15-20;7-3(8)1-6(13,5(11)12)2-4(9)10/h2-3,5-10,13-15,18,26H,4,11-12,16-17H2,1H3;13H,1-2H2,(H,7,8)(H,9,10)(H,11,12). The van der Waals surface area contributed by atoms with Gasteiger partial charge >= 0.3 is 17.9 Å². The summed E-state index contributed by atoms with van der Waals surface area (Å²) in [7, 11) is 0. The minimum absolute atomic E-state index is 0.187. The van der Waals surface area contributed by atoms with E-state index in [1.54, 1.807) is 6.20 Å². The van der Waals surface area contributed by atoms with Gasteiger partial charge in [-0.2, -0.15) is 0 Å². The molecule has 1 aliphatic rings. The summed E-state index contributed by atoms with van der Waals surface area (Å²) in [6.07, 6.45) is 2.21. The Hall–Kier alpha value is -4.68. The fourth-order valence-electron chi connectivity index (χ4n) is 3.95. The van der Waals surface area contributed by atoms with Crippen LogP contribution in [0.4, 0.5) is 0 Å². The van der Waals surface area contributed by atoms with Crippen LogP contribution >= 0.6 is 0 Å². The third-order valence-electron chi connectivity index (χ3n) is 6.20. The number of aliphatic carboxylic acids is 3. The van der Waals surface area contributed by atoms with E-state index in [0.717, 1.165) is 35.8 Å². The van der Waals surface area contributed by atoms with Gasteiger partial charge in [0.25, 0.3) is 0 Å². The number of carboxylic acids is 3. The maximum atomic E-state index is 10.3. The number of rotatable bonds is 12. The first-order valence-electron chi connectivity index (χ1n) is 13.2. The number of pyridine rings is 1. The number of nitrogens with zero attached hydrogens (tertiary/aromatic N) is 1. The van der Waals surface area contributed by atoms with E-state index in [4.69, 9.17) is 34.6 Å². The van der Waals surface area contributed by atoms with Gasteiger partial charge < -0.3 is 40.0 Å². The Morgan fingerprint density at radius 2 is 1.64 bits per heavy atom. The van der Waals surface area contributed by atoms with Crippen LogP contribution in [0.25, 0.3) is 0 Å². The lowest BCUT2D eigenvalue weighted by molar-refractivity contribution is -0.170. The van der Waals surface area contributed by atoms with Gasteiger partial charge in [-0.05, 0) is 48.4 Å². The minimum atomic E-state index is -2.74. The highest BCUT2D eigenvalue weighted by Crippen LogP contribution is 2.32. The first-order valence-corrected chi connectivity index (χ1v) is 13.2. The molecule has 0 saturated carbocycles. The van der Waals surface area contributed by atoms with E-state index in [-0.39, 0.29) is 6.04 Å². The van der Waals surface area contributed by atoms with Crippen LogP contribution in [0.2, 0.25) is 0 Å². The number of fused-ring (bicyclic) bond motifs is 1. The van der Waals surface area contributed by atoms with Gasteiger partial charge in [-0.25, -0.2) is 4.79 Å². The van der Waals surface area contributed by atoms with E-state index in [9.17, 15) is 14.4 Å². The number of ether oxygens (including phenoxy) is 3. The number of hydrogen-bond acceptors (Lipinski definition) is 9. The second kappa shape index (κ2) is 15.4. The van der Waals surface area contributed by atoms with Crippen molar-refractivity contribution in [2.75, 3.05) is 13.2 Å². The molecule has 42 heavy (non-hydrogen) atoms. The van der Waals surface area contributed by atoms with Crippen LogP contribution in [0, 0.1) is 0 Å². The molecular formula is C30H34N2O10. The lowest BCUT2D eigenvalue weighted by Crippen LogP contribution is -2.42. The number of aliphatic hydroxyl groups is 1. The van der Waals surface area contributed by atoms with Crippen LogP contribution in [-0.4, -0.2) is 62.1 Å². The number of hydrogen-bond donors (Lipinski definition) is 5. The van der Waals surface area contributed by atoms with E-state index in [1.807, 2.05) is 36.5 Å². The fraction of sp³-hybridized carbons (Fsp3) is 0.333. The Kier molecular flexibility index (Phi) is 11.6. The van der Waals surface area contributed by atoms with Gasteiger partial charge in [0.05, 0.1) is 26.1 Å². The van der Waals surface area contributed by atoms with Gasteiger partial charge in [-0.3, -0.25) is 14.6 Å². The van der Waals surface area contributed by atoms with Crippen LogP contribution in [-0.2, 0) is 27.5 Å². The van der Waals surface area contributed by atoms with E-state index >= 15 is 0 Å². The molecule has 0 amide bonds. The Labute approximate surface area is 242 Å². The maximum absolute atomic E-state index is 10.3. The minimum Gasteiger partial charge on any atom is -0.490 e. The van der Waals surface area contributed by atoms with Crippen molar-refractivity contribution in [2.45, 2.75) is 51.0 Å². The van der Waals surface area contributed by atoms with Crippen LogP contribution in [0.3, 0.4) is 0 Å². The first kappa shape index (κ1) is 31.8. The van der Waals surface area contributed by atoms with Gasteiger partial charge in [0.2, 0.25) is 0 Å². The normalized spacial score (nSPS) is 13.1. The molecule has 2 heterocycles. The molecule has 0 spiro atoms. The molecule has 1 aliphatic heterocycles. The zero-order valence-electron chi connectivity index (χ0n) is 23.1. The SMILES string of the molecule is CC(NCc1cccc(OCc2cccnc2)c1)c1ccc2c(c1)OCCCO2.O=C(O)CC(O)(CC(=O)O)C(=O)O. The molecule has 3 aromatic rings. The molecule has 1 aromatic heterocycles. The molecule has 0 aliphatic carbocycles. The van der Waals surface area contributed by atoms with Crippen molar-refractivity contribution in [3.8, 4) is 17.2 Å². The van der Waals surface area contributed by atoms with Gasteiger partial charge in [0, 0.05) is 37.0 Å². The Morgan fingerprint density at radius 1 is 0.952 bits per heavy atom. The highest BCUT2D eigenvalue weighted by Gasteiger charge is 2.40. The molecule has 0 bridgehead atoms. The molecule has 0 saturated heterocycles. The van der Waals surface area contributed by atoms with Gasteiger partial charge in [-0.1, -0.05) is 24.3 Å². The fourth-order valence-corrected chi connectivity index (χ4v) is 3.95. The zero-order valence-corrected chi connectivity index (χ0v) is 23.1. The average molecular weight is 583 g/mol. The van der Waals surface area contributed by atoms with Crippen molar-refractivity contribution < 1.29 is 49.0 Å². The summed E-state index contributed by atoms with van der Waals surface area (Å²) in [5.41, 5.74) is 0.671. The van der Waals surface area contributed by atoms with Crippen molar-refractivity contribution in [3.05, 3.63) is 83.7 Å². The topological polar surface area (TPSA) is 185 Å². The third-order valence-corrected chi connectivity index (χ3v) is 6.20. The van der Waals surface area contributed by atoms with Crippen LogP contribution in [0.5, 0.6) is 17.2 Å². The molecule has 224 valence electrons. The third kappa shape index (κ3) is 10.1. The molecule has 0 radical (unpaired) electrons. The summed E-state index contributed by atoms with van der Waals surface area (Å²) < 4.78 is 17.4. The lowest BCUT2D eigenvalue weighted by Gasteiger charge is -2.18. The highest BCUT2D eigenvalue weighted by molar-refractivity contribution is 5.88. The average Bonchev–Trinajstić information content (AvgIpc) is 3.20. The second-order valence-corrected chi connectivity index (χ2v) is 9.63. The monoisotopic (exact) mass is 582 g/mol. The summed E-state index contributed by atoms with van der Waals surface area (Å²) in [6.45, 7) is 4.82. The molecule has 2 aromatic carbocycles. The summed E-state index contributed by atoms with van der Waals surface area (Å²) in [5, 5.41) is 37.4. The zero-order chi connectivity index (χ0) is 30.5. The molecular weight excluding hydrogens is 548 g/mol. The quantitative estimate of drug-likeness (QED) is 0.210.